The molecule has 3 unspecified atom stereocenters. The van der Waals surface area contributed by atoms with E-state index in [1.165, 1.54) is 5.57 Å². The van der Waals surface area contributed by atoms with Gasteiger partial charge >= 0.3 is 29.6 Å². The molecule has 1 fully saturated rings. The molecule has 9 heteroatoms. The number of hydrogen-bond acceptors (Lipinski definition) is 7. The van der Waals surface area contributed by atoms with Gasteiger partial charge in [0, 0.05) is 11.9 Å². The van der Waals surface area contributed by atoms with Gasteiger partial charge in [0.05, 0.1) is 32.5 Å². The molecule has 0 amide bonds. The van der Waals surface area contributed by atoms with Crippen molar-refractivity contribution in [3.8, 4) is 0 Å². The Bertz CT molecular complexity index is 415. The van der Waals surface area contributed by atoms with Crippen LogP contribution in [0.2, 0.25) is 0 Å². The third-order valence-corrected chi connectivity index (χ3v) is 5.00. The SMILES string of the molecule is CC(CCOCC1CC(C2COCCO2)=CS1)O[SH](=O)=O.[NaH]. The van der Waals surface area contributed by atoms with E-state index in [1.54, 1.807) is 18.7 Å². The molecular weight excluding hydrogens is 339 g/mol. The van der Waals surface area contributed by atoms with Crippen LogP contribution in [0.15, 0.2) is 11.0 Å². The Kier molecular flexibility index (Phi) is 10.9. The third kappa shape index (κ3) is 7.63. The second kappa shape index (κ2) is 11.4. The van der Waals surface area contributed by atoms with Crippen LogP contribution in [0.25, 0.3) is 0 Å². The van der Waals surface area contributed by atoms with Crippen LogP contribution in [0.4, 0.5) is 0 Å². The predicted molar refractivity (Wildman–Crippen MR) is 88.1 cm³/mol. The van der Waals surface area contributed by atoms with Gasteiger partial charge in [-0.15, -0.1) is 11.8 Å². The zero-order valence-electron chi connectivity index (χ0n) is 12.1. The number of ether oxygens (including phenoxy) is 3. The number of rotatable bonds is 8. The Balaban J connectivity index is 0.00000242. The second-order valence-electron chi connectivity index (χ2n) is 5.09. The molecule has 0 saturated carbocycles. The van der Waals surface area contributed by atoms with E-state index < -0.39 is 11.0 Å². The molecule has 0 aromatic carbocycles. The zero-order chi connectivity index (χ0) is 15.1. The number of hydrogen-bond donors (Lipinski definition) is 1. The van der Waals surface area contributed by atoms with Crippen LogP contribution >= 0.6 is 11.8 Å². The summed E-state index contributed by atoms with van der Waals surface area (Å²) in [4.78, 5) is 0. The summed E-state index contributed by atoms with van der Waals surface area (Å²) in [6, 6.07) is 0. The molecule has 124 valence electrons. The van der Waals surface area contributed by atoms with Crippen molar-refractivity contribution in [2.75, 3.05) is 33.0 Å². The van der Waals surface area contributed by atoms with Crippen LogP contribution in [0, 0.1) is 0 Å². The van der Waals surface area contributed by atoms with Gasteiger partial charge in [0.2, 0.25) is 0 Å². The summed E-state index contributed by atoms with van der Waals surface area (Å²) >= 11 is 1.76. The van der Waals surface area contributed by atoms with Gasteiger partial charge in [-0.1, -0.05) is 0 Å². The van der Waals surface area contributed by atoms with E-state index in [0.29, 0.717) is 44.7 Å². The van der Waals surface area contributed by atoms with E-state index in [-0.39, 0.29) is 41.8 Å². The normalized spacial score (nSPS) is 26.5. The molecule has 3 atom stereocenters. The quantitative estimate of drug-likeness (QED) is 0.383. The zero-order valence-corrected chi connectivity index (χ0v) is 13.8. The molecular formula is C13H23NaO6S2. The first-order valence-corrected chi connectivity index (χ1v) is 9.11. The second-order valence-corrected chi connectivity index (χ2v) is 6.93. The van der Waals surface area contributed by atoms with Crippen LogP contribution in [0.1, 0.15) is 19.8 Å². The minimum absolute atomic E-state index is 0. The van der Waals surface area contributed by atoms with E-state index in [2.05, 4.69) is 9.59 Å². The monoisotopic (exact) mass is 362 g/mol. The van der Waals surface area contributed by atoms with Crippen LogP contribution in [0.5, 0.6) is 0 Å². The summed E-state index contributed by atoms with van der Waals surface area (Å²) in [5.74, 6) is 0. The molecule has 22 heavy (non-hydrogen) atoms. The first-order valence-electron chi connectivity index (χ1n) is 7.08. The van der Waals surface area contributed by atoms with Crippen molar-refractivity contribution in [2.24, 2.45) is 0 Å². The molecule has 2 rings (SSSR count). The van der Waals surface area contributed by atoms with Crippen LogP contribution in [-0.2, 0) is 29.4 Å². The first kappa shape index (κ1) is 20.9. The molecule has 0 N–H and O–H groups in total. The van der Waals surface area contributed by atoms with Crippen LogP contribution < -0.4 is 0 Å². The van der Waals surface area contributed by atoms with Gasteiger partial charge in [-0.2, -0.15) is 0 Å². The topological polar surface area (TPSA) is 71.1 Å². The summed E-state index contributed by atoms with van der Waals surface area (Å²) < 4.78 is 42.1. The summed E-state index contributed by atoms with van der Waals surface area (Å²) in [5.41, 5.74) is 1.29. The summed E-state index contributed by atoms with van der Waals surface area (Å²) in [6.07, 6.45) is 1.29. The van der Waals surface area contributed by atoms with Crippen LogP contribution in [-0.4, -0.2) is 88.5 Å². The van der Waals surface area contributed by atoms with Gasteiger partial charge in [-0.25, -0.2) is 8.42 Å². The number of thioether (sulfide) groups is 1. The van der Waals surface area contributed by atoms with Crippen molar-refractivity contribution in [2.45, 2.75) is 37.2 Å². The van der Waals surface area contributed by atoms with Gasteiger partial charge in [-0.05, 0) is 30.7 Å². The molecule has 2 aliphatic heterocycles. The van der Waals surface area contributed by atoms with E-state index in [9.17, 15) is 8.42 Å². The fraction of sp³-hybridized carbons (Fsp3) is 0.846. The fourth-order valence-electron chi connectivity index (χ4n) is 2.21. The molecule has 0 aliphatic carbocycles. The van der Waals surface area contributed by atoms with E-state index in [0.717, 1.165) is 6.42 Å². The molecule has 2 aliphatic rings. The Hall–Kier alpha value is 0.880. The molecule has 2 heterocycles. The van der Waals surface area contributed by atoms with Gasteiger partial charge in [0.25, 0.3) is 11.0 Å². The Morgan fingerprint density at radius 1 is 1.45 bits per heavy atom. The number of thiol groups is 1. The molecule has 0 bridgehead atoms. The molecule has 1 saturated heterocycles. The summed E-state index contributed by atoms with van der Waals surface area (Å²) in [6.45, 7) is 4.85. The van der Waals surface area contributed by atoms with Gasteiger partial charge in [-0.3, -0.25) is 4.18 Å². The van der Waals surface area contributed by atoms with Crippen LogP contribution in [0.3, 0.4) is 0 Å². The Labute approximate surface area is 159 Å². The minimum atomic E-state index is -2.78. The molecule has 0 spiro atoms. The maximum atomic E-state index is 10.4. The van der Waals surface area contributed by atoms with E-state index in [4.69, 9.17) is 14.2 Å². The van der Waals surface area contributed by atoms with Crippen molar-refractivity contribution >= 4 is 52.3 Å². The predicted octanol–water partition coefficient (Wildman–Crippen LogP) is 0.481. The summed E-state index contributed by atoms with van der Waals surface area (Å²) in [7, 11) is -2.78. The molecule has 0 aromatic heterocycles. The average molecular weight is 362 g/mol. The molecule has 0 radical (unpaired) electrons. The Morgan fingerprint density at radius 3 is 2.95 bits per heavy atom. The fourth-order valence-corrected chi connectivity index (χ4v) is 3.69. The van der Waals surface area contributed by atoms with Gasteiger partial charge in [0.15, 0.2) is 0 Å². The summed E-state index contributed by atoms with van der Waals surface area (Å²) in [5, 5.41) is 2.55. The first-order chi connectivity index (χ1) is 10.1. The standard InChI is InChI=1S/C13H22O6S2.Na.H/c1-10(19-21(14)15)2-3-16-7-12-6-11(9-20-12)13-8-17-4-5-18-13;;/h9-10,12-13,21H,2-8H2,1H3;;. The van der Waals surface area contributed by atoms with Gasteiger partial charge < -0.3 is 14.2 Å². The Morgan fingerprint density at radius 2 is 2.27 bits per heavy atom. The van der Waals surface area contributed by atoms with E-state index >= 15 is 0 Å². The third-order valence-electron chi connectivity index (χ3n) is 3.34. The van der Waals surface area contributed by atoms with Gasteiger partial charge in [0.1, 0.15) is 6.10 Å². The van der Waals surface area contributed by atoms with Crippen molar-refractivity contribution < 1.29 is 26.8 Å². The van der Waals surface area contributed by atoms with Crippen molar-refractivity contribution in [3.63, 3.8) is 0 Å². The molecule has 0 aromatic rings. The van der Waals surface area contributed by atoms with E-state index in [1.807, 2.05) is 0 Å². The molecule has 6 nitrogen and oxygen atoms in total. The van der Waals surface area contributed by atoms with Crippen molar-refractivity contribution in [1.29, 1.82) is 0 Å². The average Bonchev–Trinajstić information content (AvgIpc) is 2.93. The maximum absolute atomic E-state index is 10.4. The van der Waals surface area contributed by atoms with Crippen molar-refractivity contribution in [1.82, 2.24) is 0 Å². The van der Waals surface area contributed by atoms with Crippen molar-refractivity contribution in [3.05, 3.63) is 11.0 Å².